The lowest BCUT2D eigenvalue weighted by atomic mass is 10.1. The molecule has 2 N–H and O–H groups in total. The number of halogens is 1. The molecule has 0 bridgehead atoms. The lowest BCUT2D eigenvalue weighted by Gasteiger charge is -2.14. The summed E-state index contributed by atoms with van der Waals surface area (Å²) >= 11 is 8.80. The zero-order valence-electron chi connectivity index (χ0n) is 11.3. The van der Waals surface area contributed by atoms with Crippen LogP contribution in [0.15, 0.2) is 16.6 Å². The van der Waals surface area contributed by atoms with E-state index in [1.54, 1.807) is 0 Å². The predicted molar refractivity (Wildman–Crippen MR) is 85.6 cm³/mol. The maximum atomic E-state index is 5.69. The molecule has 19 heavy (non-hydrogen) atoms. The number of rotatable bonds is 4. The predicted octanol–water partition coefficient (Wildman–Crippen LogP) is 3.00. The second-order valence-corrected chi connectivity index (χ2v) is 6.43. The summed E-state index contributed by atoms with van der Waals surface area (Å²) in [6.07, 6.45) is 0.984. The van der Waals surface area contributed by atoms with Crippen LogP contribution in [0.3, 0.4) is 0 Å². The third-order valence-electron chi connectivity index (χ3n) is 2.94. The largest absolute Gasteiger partial charge is 0.493 e. The van der Waals surface area contributed by atoms with Crippen molar-refractivity contribution in [2.45, 2.75) is 26.8 Å². The minimum absolute atomic E-state index is 0.582. The van der Waals surface area contributed by atoms with Crippen LogP contribution in [0, 0.1) is 5.92 Å². The highest BCUT2D eigenvalue weighted by molar-refractivity contribution is 9.10. The molecule has 1 aliphatic heterocycles. The molecule has 0 unspecified atom stereocenters. The van der Waals surface area contributed by atoms with E-state index in [4.69, 9.17) is 17.0 Å². The van der Waals surface area contributed by atoms with Crippen molar-refractivity contribution >= 4 is 33.3 Å². The normalized spacial score (nSPS) is 13.1. The van der Waals surface area contributed by atoms with Crippen LogP contribution >= 0.6 is 28.1 Å². The van der Waals surface area contributed by atoms with E-state index < -0.39 is 0 Å². The SMILES string of the molecule is CC(C)CNC(=S)NCc1cc(Br)cc2c1OCC2. The molecule has 1 aromatic rings. The highest BCUT2D eigenvalue weighted by Crippen LogP contribution is 2.32. The molecule has 5 heteroatoms. The summed E-state index contributed by atoms with van der Waals surface area (Å²) in [5, 5.41) is 7.13. The van der Waals surface area contributed by atoms with Crippen molar-refractivity contribution in [3.05, 3.63) is 27.7 Å². The molecule has 0 aromatic heterocycles. The Labute approximate surface area is 128 Å². The van der Waals surface area contributed by atoms with E-state index in [1.807, 2.05) is 0 Å². The molecule has 0 atom stereocenters. The van der Waals surface area contributed by atoms with Gasteiger partial charge in [-0.15, -0.1) is 0 Å². The standard InChI is InChI=1S/C14H19BrN2OS/c1-9(2)7-16-14(19)17-8-11-6-12(15)5-10-3-4-18-13(10)11/h5-6,9H,3-4,7-8H2,1-2H3,(H2,16,17,19). The molecule has 0 saturated carbocycles. The average Bonchev–Trinajstić information content (AvgIpc) is 2.81. The Bertz CT molecular complexity index is 477. The third-order valence-corrected chi connectivity index (χ3v) is 3.68. The molecular weight excluding hydrogens is 324 g/mol. The number of nitrogens with one attached hydrogen (secondary N) is 2. The number of thiocarbonyl (C=S) groups is 1. The smallest absolute Gasteiger partial charge is 0.166 e. The van der Waals surface area contributed by atoms with Gasteiger partial charge in [-0.25, -0.2) is 0 Å². The molecule has 0 radical (unpaired) electrons. The van der Waals surface area contributed by atoms with Crippen molar-refractivity contribution in [2.75, 3.05) is 13.2 Å². The third kappa shape index (κ3) is 4.08. The van der Waals surface area contributed by atoms with Crippen molar-refractivity contribution in [3.63, 3.8) is 0 Å². The fraction of sp³-hybridized carbons (Fsp3) is 0.500. The Balaban J connectivity index is 1.95. The van der Waals surface area contributed by atoms with Crippen molar-refractivity contribution in [1.29, 1.82) is 0 Å². The lowest BCUT2D eigenvalue weighted by Crippen LogP contribution is -2.36. The van der Waals surface area contributed by atoms with Gasteiger partial charge in [0.15, 0.2) is 5.11 Å². The molecule has 2 rings (SSSR count). The van der Waals surface area contributed by atoms with Crippen LogP contribution in [-0.2, 0) is 13.0 Å². The first-order chi connectivity index (χ1) is 9.06. The molecule has 3 nitrogen and oxygen atoms in total. The summed E-state index contributed by atoms with van der Waals surface area (Å²) in [4.78, 5) is 0. The maximum Gasteiger partial charge on any atom is 0.166 e. The molecule has 0 fully saturated rings. The van der Waals surface area contributed by atoms with E-state index in [-0.39, 0.29) is 0 Å². The van der Waals surface area contributed by atoms with Crippen LogP contribution < -0.4 is 15.4 Å². The van der Waals surface area contributed by atoms with Gasteiger partial charge in [-0.1, -0.05) is 29.8 Å². The van der Waals surface area contributed by atoms with Crippen LogP contribution in [-0.4, -0.2) is 18.3 Å². The van der Waals surface area contributed by atoms with Gasteiger partial charge in [-0.05, 0) is 35.8 Å². The van der Waals surface area contributed by atoms with E-state index in [2.05, 4.69) is 52.5 Å². The monoisotopic (exact) mass is 342 g/mol. The summed E-state index contributed by atoms with van der Waals surface area (Å²) in [5.74, 6) is 1.60. The van der Waals surface area contributed by atoms with Crippen molar-refractivity contribution in [3.8, 4) is 5.75 Å². The van der Waals surface area contributed by atoms with Gasteiger partial charge in [-0.3, -0.25) is 0 Å². The van der Waals surface area contributed by atoms with Crippen LogP contribution in [0.2, 0.25) is 0 Å². The first-order valence-electron chi connectivity index (χ1n) is 6.52. The topological polar surface area (TPSA) is 33.3 Å². The molecule has 0 saturated heterocycles. The van der Waals surface area contributed by atoms with E-state index >= 15 is 0 Å². The highest BCUT2D eigenvalue weighted by Gasteiger charge is 2.17. The molecule has 1 aliphatic rings. The van der Waals surface area contributed by atoms with Crippen LogP contribution in [0.25, 0.3) is 0 Å². The van der Waals surface area contributed by atoms with E-state index in [0.29, 0.717) is 17.6 Å². The first-order valence-corrected chi connectivity index (χ1v) is 7.72. The molecule has 0 spiro atoms. The summed E-state index contributed by atoms with van der Waals surface area (Å²) in [6.45, 7) is 6.66. The molecular formula is C14H19BrN2OS. The Morgan fingerprint density at radius 1 is 1.42 bits per heavy atom. The number of ether oxygens (including phenoxy) is 1. The van der Waals surface area contributed by atoms with E-state index in [9.17, 15) is 0 Å². The Hall–Kier alpha value is -0.810. The summed E-state index contributed by atoms with van der Waals surface area (Å²) in [5.41, 5.74) is 2.42. The molecule has 0 aliphatic carbocycles. The Kier molecular flexibility index (Phi) is 5.05. The molecule has 0 amide bonds. The number of hydrogen-bond donors (Lipinski definition) is 2. The van der Waals surface area contributed by atoms with Gasteiger partial charge < -0.3 is 15.4 Å². The quantitative estimate of drug-likeness (QED) is 0.824. The summed E-state index contributed by atoms with van der Waals surface area (Å²) < 4.78 is 6.78. The minimum atomic E-state index is 0.582. The Morgan fingerprint density at radius 3 is 2.95 bits per heavy atom. The number of benzene rings is 1. The highest BCUT2D eigenvalue weighted by atomic mass is 79.9. The molecule has 1 aromatic carbocycles. The zero-order chi connectivity index (χ0) is 13.8. The van der Waals surface area contributed by atoms with Gasteiger partial charge in [-0.2, -0.15) is 0 Å². The Morgan fingerprint density at radius 2 is 2.21 bits per heavy atom. The summed E-state index contributed by atoms with van der Waals surface area (Å²) in [6, 6.07) is 4.21. The molecule has 104 valence electrons. The zero-order valence-corrected chi connectivity index (χ0v) is 13.7. The fourth-order valence-corrected chi connectivity index (χ4v) is 2.72. The number of fused-ring (bicyclic) bond motifs is 1. The van der Waals surface area contributed by atoms with E-state index in [1.165, 1.54) is 5.56 Å². The van der Waals surface area contributed by atoms with Gasteiger partial charge in [0.25, 0.3) is 0 Å². The second-order valence-electron chi connectivity index (χ2n) is 5.11. The van der Waals surface area contributed by atoms with E-state index in [0.717, 1.165) is 35.4 Å². The van der Waals surface area contributed by atoms with Crippen molar-refractivity contribution in [1.82, 2.24) is 10.6 Å². The first kappa shape index (κ1) is 14.6. The van der Waals surface area contributed by atoms with Crippen molar-refractivity contribution in [2.24, 2.45) is 5.92 Å². The fourth-order valence-electron chi connectivity index (χ4n) is 2.01. The summed E-state index contributed by atoms with van der Waals surface area (Å²) in [7, 11) is 0. The average molecular weight is 343 g/mol. The number of hydrogen-bond acceptors (Lipinski definition) is 2. The van der Waals surface area contributed by atoms with Crippen molar-refractivity contribution < 1.29 is 4.74 Å². The van der Waals surface area contributed by atoms with Crippen LogP contribution in [0.5, 0.6) is 5.75 Å². The van der Waals surface area contributed by atoms with Gasteiger partial charge in [0.05, 0.1) is 6.61 Å². The van der Waals surface area contributed by atoms with Gasteiger partial charge in [0.1, 0.15) is 5.75 Å². The minimum Gasteiger partial charge on any atom is -0.493 e. The van der Waals surface area contributed by atoms with Gasteiger partial charge >= 0.3 is 0 Å². The maximum absolute atomic E-state index is 5.69. The molecule has 1 heterocycles. The van der Waals surface area contributed by atoms with Gasteiger partial charge in [0, 0.05) is 29.5 Å². The van der Waals surface area contributed by atoms with Crippen LogP contribution in [0.4, 0.5) is 0 Å². The van der Waals surface area contributed by atoms with Crippen LogP contribution in [0.1, 0.15) is 25.0 Å². The van der Waals surface area contributed by atoms with Gasteiger partial charge in [0.2, 0.25) is 0 Å². The lowest BCUT2D eigenvalue weighted by molar-refractivity contribution is 0.353. The second kappa shape index (κ2) is 6.57.